The second-order valence-corrected chi connectivity index (χ2v) is 3.99. The zero-order chi connectivity index (χ0) is 14.1. The van der Waals surface area contributed by atoms with Gasteiger partial charge in [0, 0.05) is 6.54 Å². The Morgan fingerprint density at radius 1 is 1.53 bits per heavy atom. The first kappa shape index (κ1) is 15.2. The summed E-state index contributed by atoms with van der Waals surface area (Å²) in [6.45, 7) is 2.77. The molecular formula is C12H19N3O4. The van der Waals surface area contributed by atoms with Crippen molar-refractivity contribution in [2.24, 2.45) is 5.73 Å². The first-order valence-corrected chi connectivity index (χ1v) is 5.99. The predicted molar refractivity (Wildman–Crippen MR) is 68.0 cm³/mol. The topological polar surface area (TPSA) is 107 Å². The van der Waals surface area contributed by atoms with Crippen LogP contribution in [0.4, 0.5) is 0 Å². The van der Waals surface area contributed by atoms with Crippen molar-refractivity contribution in [2.45, 2.75) is 19.5 Å². The lowest BCUT2D eigenvalue weighted by atomic mass is 10.3. The summed E-state index contributed by atoms with van der Waals surface area (Å²) in [6.07, 6.45) is 1.55. The molecule has 0 saturated heterocycles. The summed E-state index contributed by atoms with van der Waals surface area (Å²) in [5.41, 5.74) is 4.91. The van der Waals surface area contributed by atoms with E-state index in [2.05, 4.69) is 10.6 Å². The Morgan fingerprint density at radius 2 is 2.32 bits per heavy atom. The largest absolute Gasteiger partial charge is 0.467 e. The van der Waals surface area contributed by atoms with Gasteiger partial charge in [0.05, 0.1) is 25.5 Å². The fraction of sp³-hybridized carbons (Fsp3) is 0.500. The number of hydrogen-bond acceptors (Lipinski definition) is 5. The van der Waals surface area contributed by atoms with E-state index in [1.807, 2.05) is 0 Å². The number of nitrogens with one attached hydrogen (secondary N) is 2. The van der Waals surface area contributed by atoms with E-state index in [1.54, 1.807) is 25.3 Å². The van der Waals surface area contributed by atoms with E-state index < -0.39 is 5.91 Å². The maximum absolute atomic E-state index is 11.7. The minimum atomic E-state index is -0.510. The number of carbonyl (C=O) groups excluding carboxylic acids is 2. The average molecular weight is 269 g/mol. The van der Waals surface area contributed by atoms with Gasteiger partial charge in [-0.1, -0.05) is 0 Å². The fourth-order valence-corrected chi connectivity index (χ4v) is 1.35. The number of ether oxygens (including phenoxy) is 1. The highest BCUT2D eigenvalue weighted by Crippen LogP contribution is 1.98. The summed E-state index contributed by atoms with van der Waals surface area (Å²) in [5, 5.41) is 5.70. The Hall–Kier alpha value is -1.86. The van der Waals surface area contributed by atoms with E-state index in [0.29, 0.717) is 25.5 Å². The van der Waals surface area contributed by atoms with Gasteiger partial charge in [0.25, 0.3) is 0 Å². The Kier molecular flexibility index (Phi) is 6.62. The summed E-state index contributed by atoms with van der Waals surface area (Å²) in [4.78, 5) is 22.1. The second-order valence-electron chi connectivity index (χ2n) is 3.99. The Morgan fingerprint density at radius 3 is 2.95 bits per heavy atom. The Balaban J connectivity index is 2.09. The molecule has 0 fully saturated rings. The summed E-state index contributed by atoms with van der Waals surface area (Å²) in [7, 11) is 0. The SMILES string of the molecule is CC(NCCOCC(N)=O)C(=O)NCc1ccco1. The number of rotatable bonds is 9. The molecule has 19 heavy (non-hydrogen) atoms. The van der Waals surface area contributed by atoms with Crippen molar-refractivity contribution < 1.29 is 18.7 Å². The molecule has 0 aliphatic heterocycles. The lowest BCUT2D eigenvalue weighted by Crippen LogP contribution is -2.43. The van der Waals surface area contributed by atoms with Gasteiger partial charge in [0.2, 0.25) is 11.8 Å². The third-order valence-corrected chi connectivity index (χ3v) is 2.35. The summed E-state index contributed by atoms with van der Waals surface area (Å²) >= 11 is 0. The molecule has 1 aromatic heterocycles. The van der Waals surface area contributed by atoms with Crippen molar-refractivity contribution in [3.8, 4) is 0 Å². The van der Waals surface area contributed by atoms with Gasteiger partial charge >= 0.3 is 0 Å². The van der Waals surface area contributed by atoms with Crippen molar-refractivity contribution in [1.82, 2.24) is 10.6 Å². The minimum Gasteiger partial charge on any atom is -0.467 e. The van der Waals surface area contributed by atoms with Gasteiger partial charge in [0.1, 0.15) is 12.4 Å². The highest BCUT2D eigenvalue weighted by Gasteiger charge is 2.11. The predicted octanol–water partition coefficient (Wildman–Crippen LogP) is -0.624. The van der Waals surface area contributed by atoms with Gasteiger partial charge in [-0.2, -0.15) is 0 Å². The first-order chi connectivity index (χ1) is 9.09. The van der Waals surface area contributed by atoms with E-state index in [4.69, 9.17) is 14.9 Å². The van der Waals surface area contributed by atoms with Crippen molar-refractivity contribution in [3.05, 3.63) is 24.2 Å². The van der Waals surface area contributed by atoms with Gasteiger partial charge in [-0.3, -0.25) is 9.59 Å². The summed E-state index contributed by atoms with van der Waals surface area (Å²) in [5.74, 6) is 0.0564. The molecular weight excluding hydrogens is 250 g/mol. The monoisotopic (exact) mass is 269 g/mol. The van der Waals surface area contributed by atoms with Crippen LogP contribution in [0.1, 0.15) is 12.7 Å². The highest BCUT2D eigenvalue weighted by molar-refractivity contribution is 5.81. The molecule has 1 unspecified atom stereocenters. The molecule has 0 bridgehead atoms. The van der Waals surface area contributed by atoms with Crippen LogP contribution in [0.3, 0.4) is 0 Å². The maximum Gasteiger partial charge on any atom is 0.243 e. The van der Waals surface area contributed by atoms with Crippen molar-refractivity contribution >= 4 is 11.8 Å². The van der Waals surface area contributed by atoms with Crippen molar-refractivity contribution in [3.63, 3.8) is 0 Å². The molecule has 7 nitrogen and oxygen atoms in total. The maximum atomic E-state index is 11.7. The van der Waals surface area contributed by atoms with E-state index in [1.165, 1.54) is 0 Å². The Bertz CT molecular complexity index is 392. The zero-order valence-electron chi connectivity index (χ0n) is 10.8. The number of nitrogens with two attached hydrogens (primary N) is 1. The van der Waals surface area contributed by atoms with Crippen LogP contribution < -0.4 is 16.4 Å². The Labute approximate surface area is 111 Å². The highest BCUT2D eigenvalue weighted by atomic mass is 16.5. The van der Waals surface area contributed by atoms with Crippen molar-refractivity contribution in [2.75, 3.05) is 19.8 Å². The van der Waals surface area contributed by atoms with Crippen LogP contribution in [0.2, 0.25) is 0 Å². The van der Waals surface area contributed by atoms with Crippen LogP contribution in [-0.2, 0) is 20.9 Å². The average Bonchev–Trinajstić information content (AvgIpc) is 2.88. The standard InChI is InChI=1S/C12H19N3O4/c1-9(14-4-6-18-8-11(13)16)12(17)15-7-10-3-2-5-19-10/h2-3,5,9,14H,4,6-8H2,1H3,(H2,13,16)(H,15,17). The van der Waals surface area contributed by atoms with Gasteiger partial charge in [-0.05, 0) is 19.1 Å². The molecule has 1 aromatic rings. The van der Waals surface area contributed by atoms with Gasteiger partial charge in [-0.25, -0.2) is 0 Å². The second kappa shape index (κ2) is 8.28. The zero-order valence-corrected chi connectivity index (χ0v) is 10.8. The van der Waals surface area contributed by atoms with Crippen LogP contribution >= 0.6 is 0 Å². The molecule has 0 aliphatic carbocycles. The van der Waals surface area contributed by atoms with Gasteiger partial charge < -0.3 is 25.5 Å². The number of carbonyl (C=O) groups is 2. The quantitative estimate of drug-likeness (QED) is 0.518. The van der Waals surface area contributed by atoms with E-state index >= 15 is 0 Å². The molecule has 1 atom stereocenters. The van der Waals surface area contributed by atoms with Crippen LogP contribution in [0.5, 0.6) is 0 Å². The van der Waals surface area contributed by atoms with Crippen LogP contribution in [-0.4, -0.2) is 37.6 Å². The molecule has 0 aromatic carbocycles. The van der Waals surface area contributed by atoms with Crippen LogP contribution in [0.25, 0.3) is 0 Å². The fourth-order valence-electron chi connectivity index (χ4n) is 1.35. The lowest BCUT2D eigenvalue weighted by Gasteiger charge is -2.13. The molecule has 0 saturated carbocycles. The molecule has 7 heteroatoms. The van der Waals surface area contributed by atoms with Crippen LogP contribution in [0, 0.1) is 0 Å². The molecule has 4 N–H and O–H groups in total. The summed E-state index contributed by atoms with van der Waals surface area (Å²) < 4.78 is 10.1. The van der Waals surface area contributed by atoms with E-state index in [-0.39, 0.29) is 18.6 Å². The molecule has 0 aliphatic rings. The van der Waals surface area contributed by atoms with E-state index in [0.717, 1.165) is 0 Å². The molecule has 0 radical (unpaired) electrons. The number of hydrogen-bond donors (Lipinski definition) is 3. The lowest BCUT2D eigenvalue weighted by molar-refractivity contribution is -0.124. The van der Waals surface area contributed by atoms with Gasteiger partial charge in [-0.15, -0.1) is 0 Å². The van der Waals surface area contributed by atoms with Crippen molar-refractivity contribution in [1.29, 1.82) is 0 Å². The van der Waals surface area contributed by atoms with Crippen LogP contribution in [0.15, 0.2) is 22.8 Å². The third kappa shape index (κ3) is 6.58. The van der Waals surface area contributed by atoms with Gasteiger partial charge in [0.15, 0.2) is 0 Å². The number of primary amides is 1. The molecule has 1 rings (SSSR count). The first-order valence-electron chi connectivity index (χ1n) is 5.99. The normalized spacial score (nSPS) is 12.1. The molecule has 1 heterocycles. The molecule has 106 valence electrons. The third-order valence-electron chi connectivity index (χ3n) is 2.35. The number of amides is 2. The smallest absolute Gasteiger partial charge is 0.243 e. The minimum absolute atomic E-state index is 0.110. The molecule has 2 amide bonds. The molecule has 0 spiro atoms. The number of furan rings is 1. The summed E-state index contributed by atoms with van der Waals surface area (Å²) in [6, 6.07) is 3.20. The van der Waals surface area contributed by atoms with E-state index in [9.17, 15) is 9.59 Å².